The molecule has 1 aliphatic heterocycles. The minimum absolute atomic E-state index is 0.0675. The van der Waals surface area contributed by atoms with Gasteiger partial charge in [0.2, 0.25) is 0 Å². The van der Waals surface area contributed by atoms with Crippen molar-refractivity contribution in [3.05, 3.63) is 10.2 Å². The molecule has 3 nitrogen and oxygen atoms in total. The summed E-state index contributed by atoms with van der Waals surface area (Å²) in [5, 5.41) is 3.14. The molecule has 1 N–H and O–H groups in total. The van der Waals surface area contributed by atoms with Crippen LogP contribution in [-0.4, -0.2) is 18.6 Å². The Morgan fingerprint density at radius 2 is 2.31 bits per heavy atom. The van der Waals surface area contributed by atoms with E-state index in [2.05, 4.69) is 21.2 Å². The number of halogens is 1. The van der Waals surface area contributed by atoms with E-state index in [1.165, 1.54) is 0 Å². The van der Waals surface area contributed by atoms with Crippen molar-refractivity contribution < 1.29 is 9.53 Å². The normalized spacial score (nSPS) is 20.0. The van der Waals surface area contributed by atoms with Crippen LogP contribution in [-0.2, 0) is 9.53 Å². The highest BCUT2D eigenvalue weighted by Crippen LogP contribution is 2.20. The Morgan fingerprint density at radius 3 is 2.77 bits per heavy atom. The van der Waals surface area contributed by atoms with Crippen LogP contribution in [0.15, 0.2) is 10.2 Å². The minimum Gasteiger partial charge on any atom is -0.459 e. The van der Waals surface area contributed by atoms with E-state index in [0.29, 0.717) is 4.48 Å². The second-order valence-corrected chi connectivity index (χ2v) is 4.07. The first-order valence-electron chi connectivity index (χ1n) is 4.44. The highest BCUT2D eigenvalue weighted by atomic mass is 79.9. The zero-order valence-electron chi connectivity index (χ0n) is 7.89. The van der Waals surface area contributed by atoms with Crippen molar-refractivity contribution >= 4 is 21.9 Å². The van der Waals surface area contributed by atoms with Gasteiger partial charge < -0.3 is 10.1 Å². The lowest BCUT2D eigenvalue weighted by Gasteiger charge is -2.08. The first-order valence-corrected chi connectivity index (χ1v) is 5.24. The molecule has 0 saturated carbocycles. The van der Waals surface area contributed by atoms with Crippen LogP contribution >= 0.6 is 15.9 Å². The third-order valence-electron chi connectivity index (χ3n) is 1.73. The Balaban J connectivity index is 2.59. The van der Waals surface area contributed by atoms with E-state index in [-0.39, 0.29) is 12.1 Å². The molecule has 1 aliphatic rings. The van der Waals surface area contributed by atoms with Crippen molar-refractivity contribution in [2.24, 2.45) is 0 Å². The SMILES string of the molecule is CC(C)OC(=O)/C(Br)=C1/CCCN1. The Labute approximate surface area is 86.7 Å². The molecule has 1 saturated heterocycles. The first-order chi connectivity index (χ1) is 6.11. The molecule has 0 aromatic heterocycles. The smallest absolute Gasteiger partial charge is 0.347 e. The number of allylic oxidation sites excluding steroid dienone is 1. The van der Waals surface area contributed by atoms with Gasteiger partial charge in [0.15, 0.2) is 0 Å². The fourth-order valence-electron chi connectivity index (χ4n) is 1.17. The van der Waals surface area contributed by atoms with Crippen LogP contribution in [0, 0.1) is 0 Å². The van der Waals surface area contributed by atoms with Gasteiger partial charge in [-0.1, -0.05) is 0 Å². The molecule has 0 unspecified atom stereocenters. The molecule has 4 heteroatoms. The molecule has 1 heterocycles. The molecule has 0 amide bonds. The average molecular weight is 248 g/mol. The van der Waals surface area contributed by atoms with Crippen LogP contribution in [0.3, 0.4) is 0 Å². The highest BCUT2D eigenvalue weighted by Gasteiger charge is 2.17. The summed E-state index contributed by atoms with van der Waals surface area (Å²) in [5.41, 5.74) is 0.964. The number of rotatable bonds is 2. The minimum atomic E-state index is -0.278. The number of carbonyl (C=O) groups is 1. The van der Waals surface area contributed by atoms with Crippen LogP contribution in [0.2, 0.25) is 0 Å². The third-order valence-corrected chi connectivity index (χ3v) is 2.53. The van der Waals surface area contributed by atoms with E-state index in [4.69, 9.17) is 4.74 Å². The van der Waals surface area contributed by atoms with Gasteiger partial charge in [-0.3, -0.25) is 0 Å². The van der Waals surface area contributed by atoms with Gasteiger partial charge in [0, 0.05) is 12.2 Å². The molecule has 0 aromatic rings. The van der Waals surface area contributed by atoms with E-state index in [9.17, 15) is 4.79 Å². The Hall–Kier alpha value is -0.510. The van der Waals surface area contributed by atoms with E-state index in [0.717, 1.165) is 25.1 Å². The molecule has 74 valence electrons. The van der Waals surface area contributed by atoms with Crippen LogP contribution in [0.1, 0.15) is 26.7 Å². The van der Waals surface area contributed by atoms with Crippen molar-refractivity contribution in [3.63, 3.8) is 0 Å². The maximum Gasteiger partial charge on any atom is 0.347 e. The van der Waals surface area contributed by atoms with Gasteiger partial charge in [0.25, 0.3) is 0 Å². The van der Waals surface area contributed by atoms with Crippen molar-refractivity contribution in [1.29, 1.82) is 0 Å². The molecule has 0 aliphatic carbocycles. The van der Waals surface area contributed by atoms with Gasteiger partial charge in [-0.25, -0.2) is 4.79 Å². The van der Waals surface area contributed by atoms with Crippen LogP contribution in [0.4, 0.5) is 0 Å². The largest absolute Gasteiger partial charge is 0.459 e. The topological polar surface area (TPSA) is 38.3 Å². The summed E-state index contributed by atoms with van der Waals surface area (Å²) in [5.74, 6) is -0.278. The fourth-order valence-corrected chi connectivity index (χ4v) is 1.60. The number of ether oxygens (including phenoxy) is 1. The van der Waals surface area contributed by atoms with Gasteiger partial charge >= 0.3 is 5.97 Å². The van der Waals surface area contributed by atoms with Gasteiger partial charge in [-0.15, -0.1) is 0 Å². The van der Waals surface area contributed by atoms with Crippen LogP contribution in [0.25, 0.3) is 0 Å². The molecule has 0 radical (unpaired) electrons. The monoisotopic (exact) mass is 247 g/mol. The highest BCUT2D eigenvalue weighted by molar-refractivity contribution is 9.12. The molecule has 1 fully saturated rings. The number of hydrogen-bond donors (Lipinski definition) is 1. The predicted octanol–water partition coefficient (Wildman–Crippen LogP) is 1.93. The summed E-state index contributed by atoms with van der Waals surface area (Å²) < 4.78 is 5.58. The predicted molar refractivity (Wildman–Crippen MR) is 54.4 cm³/mol. The fraction of sp³-hybridized carbons (Fsp3) is 0.667. The van der Waals surface area contributed by atoms with Crippen LogP contribution < -0.4 is 5.32 Å². The summed E-state index contributed by atoms with van der Waals surface area (Å²) in [4.78, 5) is 11.4. The second-order valence-electron chi connectivity index (χ2n) is 3.28. The maximum absolute atomic E-state index is 11.4. The lowest BCUT2D eigenvalue weighted by molar-refractivity contribution is -0.141. The van der Waals surface area contributed by atoms with Crippen molar-refractivity contribution in [3.8, 4) is 0 Å². The molecule has 13 heavy (non-hydrogen) atoms. The van der Waals surface area contributed by atoms with E-state index >= 15 is 0 Å². The summed E-state index contributed by atoms with van der Waals surface area (Å²) in [7, 11) is 0. The van der Waals surface area contributed by atoms with E-state index < -0.39 is 0 Å². The Morgan fingerprint density at radius 1 is 1.62 bits per heavy atom. The van der Waals surface area contributed by atoms with Gasteiger partial charge in [-0.2, -0.15) is 0 Å². The molecular weight excluding hydrogens is 234 g/mol. The summed E-state index contributed by atoms with van der Waals surface area (Å²) >= 11 is 3.24. The molecule has 0 spiro atoms. The molecule has 0 atom stereocenters. The number of carbonyl (C=O) groups excluding carboxylic acids is 1. The molecule has 0 bridgehead atoms. The van der Waals surface area contributed by atoms with Crippen LogP contribution in [0.5, 0.6) is 0 Å². The zero-order valence-corrected chi connectivity index (χ0v) is 9.48. The quantitative estimate of drug-likeness (QED) is 0.599. The third kappa shape index (κ3) is 3.03. The standard InChI is InChI=1S/C9H14BrNO2/c1-6(2)13-9(12)8(10)7-4-3-5-11-7/h6,11H,3-5H2,1-2H3/b8-7+. The van der Waals surface area contributed by atoms with E-state index in [1.807, 2.05) is 13.8 Å². The lowest BCUT2D eigenvalue weighted by Crippen LogP contribution is -2.15. The van der Waals surface area contributed by atoms with Gasteiger partial charge in [0.05, 0.1) is 6.10 Å². The Bertz CT molecular complexity index is 228. The van der Waals surface area contributed by atoms with Crippen molar-refractivity contribution in [2.75, 3.05) is 6.54 Å². The van der Waals surface area contributed by atoms with Crippen molar-refractivity contribution in [2.45, 2.75) is 32.8 Å². The molecule has 1 rings (SSSR count). The zero-order chi connectivity index (χ0) is 9.84. The summed E-state index contributed by atoms with van der Waals surface area (Å²) in [6.07, 6.45) is 1.94. The molecular formula is C9H14BrNO2. The number of esters is 1. The number of hydrogen-bond acceptors (Lipinski definition) is 3. The lowest BCUT2D eigenvalue weighted by atomic mass is 10.3. The Kier molecular flexibility index (Phi) is 3.78. The van der Waals surface area contributed by atoms with Gasteiger partial charge in [0.1, 0.15) is 4.48 Å². The maximum atomic E-state index is 11.4. The van der Waals surface area contributed by atoms with E-state index in [1.54, 1.807) is 0 Å². The summed E-state index contributed by atoms with van der Waals surface area (Å²) in [6, 6.07) is 0. The molecule has 0 aromatic carbocycles. The number of nitrogens with one attached hydrogen (secondary N) is 1. The first kappa shape index (κ1) is 10.6. The summed E-state index contributed by atoms with van der Waals surface area (Å²) in [6.45, 7) is 4.62. The van der Waals surface area contributed by atoms with Gasteiger partial charge in [-0.05, 0) is 42.6 Å². The van der Waals surface area contributed by atoms with Crippen molar-refractivity contribution in [1.82, 2.24) is 5.32 Å². The average Bonchev–Trinajstić information content (AvgIpc) is 2.53. The second kappa shape index (κ2) is 4.65.